The topological polar surface area (TPSA) is 87.7 Å². The molecule has 0 aromatic carbocycles. The second-order valence-electron chi connectivity index (χ2n) is 6.96. The predicted octanol–water partition coefficient (Wildman–Crippen LogP) is 1.27. The quantitative estimate of drug-likeness (QED) is 0.759. The molecule has 7 heteroatoms. The van der Waals surface area contributed by atoms with Crippen LogP contribution in [0.5, 0.6) is 0 Å². The summed E-state index contributed by atoms with van der Waals surface area (Å²) in [5.74, 6) is -0.783. The molecule has 2 atom stereocenters. The van der Waals surface area contributed by atoms with E-state index in [4.69, 9.17) is 4.74 Å². The minimum absolute atomic E-state index is 0.206. The van der Waals surface area contributed by atoms with Crippen LogP contribution in [0.2, 0.25) is 0 Å². The maximum Gasteiger partial charge on any atom is 0.321 e. The van der Waals surface area contributed by atoms with E-state index in [1.54, 1.807) is 13.8 Å². The zero-order chi connectivity index (χ0) is 17.6. The van der Waals surface area contributed by atoms with Crippen LogP contribution in [-0.2, 0) is 14.3 Å². The normalized spacial score (nSPS) is 20.5. The third-order valence-electron chi connectivity index (χ3n) is 3.73. The minimum Gasteiger partial charge on any atom is -0.466 e. The van der Waals surface area contributed by atoms with E-state index in [-0.39, 0.29) is 17.8 Å². The van der Waals surface area contributed by atoms with Gasteiger partial charge in [0.1, 0.15) is 0 Å². The monoisotopic (exact) mass is 327 g/mol. The highest BCUT2D eigenvalue weighted by Gasteiger charge is 2.32. The van der Waals surface area contributed by atoms with E-state index in [9.17, 15) is 14.4 Å². The summed E-state index contributed by atoms with van der Waals surface area (Å²) in [6, 6.07) is -0.980. The first-order valence-electron chi connectivity index (χ1n) is 8.17. The van der Waals surface area contributed by atoms with Crippen molar-refractivity contribution < 1.29 is 19.1 Å². The van der Waals surface area contributed by atoms with Gasteiger partial charge in [-0.1, -0.05) is 0 Å². The number of carbonyl (C=O) groups is 3. The highest BCUT2D eigenvalue weighted by Crippen LogP contribution is 2.20. The van der Waals surface area contributed by atoms with Crippen LogP contribution in [0.1, 0.15) is 47.5 Å². The molecular formula is C16H29N3O4. The molecule has 0 saturated carbocycles. The SMILES string of the molecule is CCOC(=O)[C@H]1CCCN([C@H](C)C(=O)NC(=O)NC(C)(C)C)C1. The van der Waals surface area contributed by atoms with Gasteiger partial charge in [0, 0.05) is 12.1 Å². The van der Waals surface area contributed by atoms with Crippen molar-refractivity contribution >= 4 is 17.9 Å². The second-order valence-corrected chi connectivity index (χ2v) is 6.96. The van der Waals surface area contributed by atoms with Crippen LogP contribution in [-0.4, -0.2) is 54.1 Å². The third kappa shape index (κ3) is 6.56. The van der Waals surface area contributed by atoms with E-state index in [0.29, 0.717) is 13.2 Å². The maximum absolute atomic E-state index is 12.2. The fourth-order valence-corrected chi connectivity index (χ4v) is 2.56. The Morgan fingerprint density at radius 1 is 1.30 bits per heavy atom. The Balaban J connectivity index is 2.55. The molecule has 0 spiro atoms. The van der Waals surface area contributed by atoms with Gasteiger partial charge in [-0.15, -0.1) is 0 Å². The molecule has 0 aliphatic carbocycles. The summed E-state index contributed by atoms with van der Waals surface area (Å²) in [4.78, 5) is 37.8. The van der Waals surface area contributed by atoms with Crippen molar-refractivity contribution in [1.82, 2.24) is 15.5 Å². The predicted molar refractivity (Wildman–Crippen MR) is 86.8 cm³/mol. The maximum atomic E-state index is 12.2. The van der Waals surface area contributed by atoms with Crippen LogP contribution in [0.15, 0.2) is 0 Å². The molecule has 1 heterocycles. The molecule has 1 aliphatic rings. The van der Waals surface area contributed by atoms with Crippen molar-refractivity contribution in [2.45, 2.75) is 59.0 Å². The molecule has 0 aromatic rings. The first kappa shape index (κ1) is 19.4. The molecule has 0 aromatic heterocycles. The number of hydrogen-bond acceptors (Lipinski definition) is 5. The number of ether oxygens (including phenoxy) is 1. The van der Waals surface area contributed by atoms with Gasteiger partial charge < -0.3 is 10.1 Å². The van der Waals surface area contributed by atoms with Crippen LogP contribution in [0.3, 0.4) is 0 Å². The lowest BCUT2D eigenvalue weighted by atomic mass is 9.97. The lowest BCUT2D eigenvalue weighted by molar-refractivity contribution is -0.151. The van der Waals surface area contributed by atoms with Crippen LogP contribution < -0.4 is 10.6 Å². The number of likely N-dealkylation sites (tertiary alicyclic amines) is 1. The number of carbonyl (C=O) groups excluding carboxylic acids is 3. The van der Waals surface area contributed by atoms with E-state index >= 15 is 0 Å². The van der Waals surface area contributed by atoms with Crippen molar-refractivity contribution in [3.05, 3.63) is 0 Å². The standard InChI is InChI=1S/C16H29N3O4/c1-6-23-14(21)12-8-7-9-19(10-12)11(2)13(20)17-15(22)18-16(3,4)5/h11-12H,6-10H2,1-5H3,(H2,17,18,20,22)/t11-,12+/m1/s1. The van der Waals surface area contributed by atoms with E-state index in [1.165, 1.54) is 0 Å². The third-order valence-corrected chi connectivity index (χ3v) is 3.73. The van der Waals surface area contributed by atoms with E-state index in [1.807, 2.05) is 25.7 Å². The van der Waals surface area contributed by atoms with Crippen molar-refractivity contribution in [3.8, 4) is 0 Å². The fourth-order valence-electron chi connectivity index (χ4n) is 2.56. The second kappa shape index (κ2) is 8.29. The van der Waals surface area contributed by atoms with Crippen molar-refractivity contribution in [2.24, 2.45) is 5.92 Å². The molecule has 0 bridgehead atoms. The number of nitrogens with one attached hydrogen (secondary N) is 2. The smallest absolute Gasteiger partial charge is 0.321 e. The number of imide groups is 1. The average molecular weight is 327 g/mol. The number of amides is 3. The van der Waals surface area contributed by atoms with Gasteiger partial charge in [0.2, 0.25) is 5.91 Å². The van der Waals surface area contributed by atoms with Crippen LogP contribution in [0, 0.1) is 5.92 Å². The summed E-state index contributed by atoms with van der Waals surface area (Å²) in [6.07, 6.45) is 1.60. The largest absolute Gasteiger partial charge is 0.466 e. The number of hydrogen-bond donors (Lipinski definition) is 2. The minimum atomic E-state index is -0.506. The van der Waals surface area contributed by atoms with E-state index < -0.39 is 17.6 Å². The molecule has 132 valence electrons. The molecule has 1 rings (SSSR count). The Kier molecular flexibility index (Phi) is 7.00. The van der Waals surface area contributed by atoms with Gasteiger partial charge >= 0.3 is 12.0 Å². The Labute approximate surface area is 138 Å². The summed E-state index contributed by atoms with van der Waals surface area (Å²) in [5.41, 5.74) is -0.409. The molecule has 0 radical (unpaired) electrons. The van der Waals surface area contributed by atoms with Gasteiger partial charge in [-0.3, -0.25) is 19.8 Å². The highest BCUT2D eigenvalue weighted by atomic mass is 16.5. The summed E-state index contributed by atoms with van der Waals surface area (Å²) in [5, 5.41) is 5.04. The molecular weight excluding hydrogens is 298 g/mol. The van der Waals surface area contributed by atoms with Crippen LogP contribution >= 0.6 is 0 Å². The first-order valence-corrected chi connectivity index (χ1v) is 8.17. The number of nitrogens with zero attached hydrogens (tertiary/aromatic N) is 1. The van der Waals surface area contributed by atoms with Crippen molar-refractivity contribution in [3.63, 3.8) is 0 Å². The van der Waals surface area contributed by atoms with Crippen LogP contribution in [0.25, 0.3) is 0 Å². The zero-order valence-electron chi connectivity index (χ0n) is 14.8. The Hall–Kier alpha value is -1.63. The fraction of sp³-hybridized carbons (Fsp3) is 0.812. The number of piperidine rings is 1. The van der Waals surface area contributed by atoms with Crippen molar-refractivity contribution in [2.75, 3.05) is 19.7 Å². The Bertz CT molecular complexity index is 445. The summed E-state index contributed by atoms with van der Waals surface area (Å²) >= 11 is 0. The summed E-state index contributed by atoms with van der Waals surface area (Å²) in [6.45, 7) is 10.6. The highest BCUT2D eigenvalue weighted by molar-refractivity contribution is 5.97. The van der Waals surface area contributed by atoms with Gasteiger partial charge in [0.25, 0.3) is 0 Å². The zero-order valence-corrected chi connectivity index (χ0v) is 14.8. The summed E-state index contributed by atoms with van der Waals surface area (Å²) in [7, 11) is 0. The van der Waals surface area contributed by atoms with Crippen LogP contribution in [0.4, 0.5) is 4.79 Å². The molecule has 1 aliphatic heterocycles. The van der Waals surface area contributed by atoms with Gasteiger partial charge in [-0.05, 0) is 54.0 Å². The molecule has 3 amide bonds. The molecule has 23 heavy (non-hydrogen) atoms. The lowest BCUT2D eigenvalue weighted by Gasteiger charge is -2.35. The van der Waals surface area contributed by atoms with Gasteiger partial charge in [-0.2, -0.15) is 0 Å². The number of esters is 1. The van der Waals surface area contributed by atoms with E-state index in [2.05, 4.69) is 10.6 Å². The van der Waals surface area contributed by atoms with E-state index in [0.717, 1.165) is 19.4 Å². The van der Waals surface area contributed by atoms with Crippen molar-refractivity contribution in [1.29, 1.82) is 0 Å². The average Bonchev–Trinajstić information content (AvgIpc) is 2.44. The molecule has 0 unspecified atom stereocenters. The first-order chi connectivity index (χ1) is 10.6. The lowest BCUT2D eigenvalue weighted by Crippen LogP contribution is -2.55. The molecule has 2 N–H and O–H groups in total. The Morgan fingerprint density at radius 3 is 2.52 bits per heavy atom. The number of urea groups is 1. The molecule has 1 saturated heterocycles. The molecule has 1 fully saturated rings. The van der Waals surface area contributed by atoms with Gasteiger partial charge in [-0.25, -0.2) is 4.79 Å². The van der Waals surface area contributed by atoms with Gasteiger partial charge in [0.05, 0.1) is 18.6 Å². The summed E-state index contributed by atoms with van der Waals surface area (Å²) < 4.78 is 5.06. The molecule has 7 nitrogen and oxygen atoms in total. The van der Waals surface area contributed by atoms with Gasteiger partial charge in [0.15, 0.2) is 0 Å². The Morgan fingerprint density at radius 2 is 1.96 bits per heavy atom. The number of rotatable bonds is 4.